The van der Waals surface area contributed by atoms with Gasteiger partial charge in [0.15, 0.2) is 8.32 Å². The van der Waals surface area contributed by atoms with Crippen LogP contribution in [0.4, 0.5) is 0 Å². The summed E-state index contributed by atoms with van der Waals surface area (Å²) < 4.78 is 0. The summed E-state index contributed by atoms with van der Waals surface area (Å²) in [6.45, 7) is 15.3. The maximum Gasteiger partial charge on any atom is 0.197 e. The fourth-order valence-electron chi connectivity index (χ4n) is 2.52. The first-order valence-electron chi connectivity index (χ1n) is 7.39. The molecule has 0 unspecified atom stereocenters. The molecule has 1 nitrogen and oxygen atoms in total. The van der Waals surface area contributed by atoms with Gasteiger partial charge in [0.25, 0.3) is 0 Å². The third kappa shape index (κ3) is 3.93. The zero-order valence-electron chi connectivity index (χ0n) is 13.6. The molecule has 2 heteroatoms. The van der Waals surface area contributed by atoms with E-state index < -0.39 is 8.32 Å². The van der Waals surface area contributed by atoms with Gasteiger partial charge in [0.2, 0.25) is 0 Å². The van der Waals surface area contributed by atoms with Gasteiger partial charge in [-0.15, -0.1) is 0 Å². The normalized spacial score (nSPS) is 13.4. The Morgan fingerprint density at radius 2 is 1.37 bits per heavy atom. The van der Waals surface area contributed by atoms with E-state index in [-0.39, 0.29) is 5.41 Å². The molecule has 1 aromatic carbocycles. The Labute approximate surface area is 120 Å². The summed E-state index contributed by atoms with van der Waals surface area (Å²) in [7, 11) is -2.21. The molecule has 0 aliphatic heterocycles. The summed E-state index contributed by atoms with van der Waals surface area (Å²) in [6, 6.07) is 9.69. The fourth-order valence-corrected chi connectivity index (χ4v) is 5.56. The molecule has 0 spiro atoms. The molecule has 0 fully saturated rings. The quantitative estimate of drug-likeness (QED) is 0.783. The minimum absolute atomic E-state index is 0.197. The van der Waals surface area contributed by atoms with E-state index in [1.807, 2.05) is 0 Å². The first-order valence-corrected chi connectivity index (χ1v) is 9.70. The highest BCUT2D eigenvalue weighted by Crippen LogP contribution is 2.33. The maximum absolute atomic E-state index is 11.0. The summed E-state index contributed by atoms with van der Waals surface area (Å²) >= 11 is 0. The second-order valence-electron chi connectivity index (χ2n) is 7.42. The molecule has 0 bridgehead atoms. The van der Waals surface area contributed by atoms with E-state index in [4.69, 9.17) is 0 Å². The van der Waals surface area contributed by atoms with Crippen LogP contribution in [-0.4, -0.2) is 13.1 Å². The Bertz CT molecular complexity index is 390. The Morgan fingerprint density at radius 1 is 0.947 bits per heavy atom. The predicted octanol–water partition coefficient (Wildman–Crippen LogP) is 4.82. The van der Waals surface area contributed by atoms with Crippen LogP contribution in [0.5, 0.6) is 0 Å². The van der Waals surface area contributed by atoms with E-state index in [1.165, 1.54) is 11.1 Å². The second-order valence-corrected chi connectivity index (χ2v) is 12.1. The van der Waals surface area contributed by atoms with Gasteiger partial charge < -0.3 is 4.80 Å². The smallest absolute Gasteiger partial charge is 0.197 e. The van der Waals surface area contributed by atoms with Crippen molar-refractivity contribution in [1.29, 1.82) is 0 Å². The number of hydrogen-bond donors (Lipinski definition) is 1. The highest BCUT2D eigenvalue weighted by molar-refractivity contribution is 6.74. The third-order valence-electron chi connectivity index (χ3n) is 4.31. The molecule has 1 rings (SSSR count). The van der Waals surface area contributed by atoms with E-state index in [9.17, 15) is 4.80 Å². The van der Waals surface area contributed by atoms with E-state index in [0.29, 0.717) is 11.1 Å². The summed E-state index contributed by atoms with van der Waals surface area (Å²) in [5.41, 5.74) is 3.63. The molecule has 0 aliphatic carbocycles. The van der Waals surface area contributed by atoms with Gasteiger partial charge in [0, 0.05) is 0 Å². The first-order chi connectivity index (χ1) is 8.57. The van der Waals surface area contributed by atoms with Gasteiger partial charge in [0.1, 0.15) is 0 Å². The first kappa shape index (κ1) is 16.5. The molecule has 0 aliphatic rings. The summed E-state index contributed by atoms with van der Waals surface area (Å²) in [6.07, 6.45) is 0. The Balaban J connectivity index is 2.94. The van der Waals surface area contributed by atoms with Crippen molar-refractivity contribution in [3.8, 4) is 0 Å². The Morgan fingerprint density at radius 3 is 1.68 bits per heavy atom. The van der Waals surface area contributed by atoms with Crippen LogP contribution in [-0.2, 0) is 11.5 Å². The molecular weight excluding hydrogens is 248 g/mol. The van der Waals surface area contributed by atoms with Gasteiger partial charge in [-0.25, -0.2) is 0 Å². The molecule has 1 aromatic rings. The van der Waals surface area contributed by atoms with E-state index in [2.05, 4.69) is 72.7 Å². The van der Waals surface area contributed by atoms with Crippen LogP contribution in [0.15, 0.2) is 24.3 Å². The van der Waals surface area contributed by atoms with Crippen molar-refractivity contribution in [2.24, 2.45) is 0 Å². The van der Waals surface area contributed by atoms with Crippen LogP contribution in [0.25, 0.3) is 0 Å². The average Bonchev–Trinajstić information content (AvgIpc) is 2.27. The molecule has 0 amide bonds. The molecular formula is C17H30OSi. The third-order valence-corrected chi connectivity index (χ3v) is 9.28. The van der Waals surface area contributed by atoms with Crippen molar-refractivity contribution in [2.45, 2.75) is 71.0 Å². The Hall–Kier alpha value is -0.603. The van der Waals surface area contributed by atoms with Gasteiger partial charge >= 0.3 is 0 Å². The summed E-state index contributed by atoms with van der Waals surface area (Å²) in [5, 5.41) is 0. The van der Waals surface area contributed by atoms with Crippen LogP contribution in [0.2, 0.25) is 11.1 Å². The molecule has 108 valence electrons. The second kappa shape index (κ2) is 5.80. The molecule has 0 saturated heterocycles. The van der Waals surface area contributed by atoms with Crippen LogP contribution in [0.3, 0.4) is 0 Å². The lowest BCUT2D eigenvalue weighted by atomic mass is 9.87. The molecule has 0 saturated carbocycles. The van der Waals surface area contributed by atoms with Gasteiger partial charge in [-0.05, 0) is 33.7 Å². The number of rotatable bonds is 4. The Kier molecular flexibility index (Phi) is 5.02. The van der Waals surface area contributed by atoms with Gasteiger partial charge in [-0.1, -0.05) is 72.7 Å². The standard InChI is InChI=1S/C17H30OSi/c1-13(2)19(18,14(3)4)12-15-8-10-16(11-9-15)17(5,6)7/h8-11,13-14,18H,12H2,1-7H3. The van der Waals surface area contributed by atoms with E-state index in [0.717, 1.165) is 6.04 Å². The minimum Gasteiger partial charge on any atom is -0.431 e. The molecule has 0 radical (unpaired) electrons. The lowest BCUT2D eigenvalue weighted by Gasteiger charge is -2.33. The number of benzene rings is 1. The largest absolute Gasteiger partial charge is 0.431 e. The molecule has 19 heavy (non-hydrogen) atoms. The topological polar surface area (TPSA) is 20.2 Å². The molecule has 1 N–H and O–H groups in total. The number of hydrogen-bond acceptors (Lipinski definition) is 1. The summed E-state index contributed by atoms with van der Waals surface area (Å²) in [4.78, 5) is 11.0. The molecule has 0 heterocycles. The van der Waals surface area contributed by atoms with Crippen molar-refractivity contribution >= 4 is 8.32 Å². The van der Waals surface area contributed by atoms with E-state index in [1.54, 1.807) is 0 Å². The van der Waals surface area contributed by atoms with Crippen LogP contribution in [0.1, 0.15) is 59.6 Å². The minimum atomic E-state index is -2.21. The average molecular weight is 279 g/mol. The summed E-state index contributed by atoms with van der Waals surface area (Å²) in [5.74, 6) is 0. The van der Waals surface area contributed by atoms with Crippen LogP contribution in [0, 0.1) is 0 Å². The fraction of sp³-hybridized carbons (Fsp3) is 0.647. The SMILES string of the molecule is CC(C)[Si](O)(Cc1ccc(C(C)(C)C)cc1)C(C)C. The highest BCUT2D eigenvalue weighted by Gasteiger charge is 2.38. The van der Waals surface area contributed by atoms with Crippen molar-refractivity contribution < 1.29 is 4.80 Å². The zero-order valence-corrected chi connectivity index (χ0v) is 14.6. The van der Waals surface area contributed by atoms with Crippen molar-refractivity contribution in [3.63, 3.8) is 0 Å². The maximum atomic E-state index is 11.0. The zero-order chi connectivity index (χ0) is 14.8. The highest BCUT2D eigenvalue weighted by atomic mass is 28.4. The van der Waals surface area contributed by atoms with E-state index >= 15 is 0 Å². The van der Waals surface area contributed by atoms with Crippen molar-refractivity contribution in [1.82, 2.24) is 0 Å². The lowest BCUT2D eigenvalue weighted by molar-refractivity contribution is 0.490. The van der Waals surface area contributed by atoms with Gasteiger partial charge in [-0.2, -0.15) is 0 Å². The van der Waals surface area contributed by atoms with Crippen molar-refractivity contribution in [2.75, 3.05) is 0 Å². The van der Waals surface area contributed by atoms with Crippen LogP contribution < -0.4 is 0 Å². The molecule has 0 atom stereocenters. The molecule has 0 aromatic heterocycles. The monoisotopic (exact) mass is 278 g/mol. The van der Waals surface area contributed by atoms with Gasteiger partial charge in [0.05, 0.1) is 0 Å². The lowest BCUT2D eigenvalue weighted by Crippen LogP contribution is -2.44. The van der Waals surface area contributed by atoms with Gasteiger partial charge in [-0.3, -0.25) is 0 Å². The van der Waals surface area contributed by atoms with Crippen molar-refractivity contribution in [3.05, 3.63) is 35.4 Å². The van der Waals surface area contributed by atoms with Crippen LogP contribution >= 0.6 is 0 Å². The predicted molar refractivity (Wildman–Crippen MR) is 87.0 cm³/mol.